The van der Waals surface area contributed by atoms with Crippen molar-refractivity contribution in [2.75, 3.05) is 25.0 Å². The molecule has 0 aromatic carbocycles. The van der Waals surface area contributed by atoms with E-state index in [4.69, 9.17) is 4.74 Å². The molecule has 1 atom stereocenters. The number of anilines is 1. The molecule has 6 heteroatoms. The third-order valence-corrected chi connectivity index (χ3v) is 4.37. The fourth-order valence-electron chi connectivity index (χ4n) is 2.55. The molecular formula is C15H25N3O2S. The molecule has 2 rings (SSSR count). The Morgan fingerprint density at radius 2 is 2.29 bits per heavy atom. The SMILES string of the molecule is CN(C[C@@H]1CCCCN1C(=O)OC(C)(C)C)c1nccs1. The molecule has 21 heavy (non-hydrogen) atoms. The lowest BCUT2D eigenvalue weighted by Gasteiger charge is -2.38. The number of ether oxygens (including phenoxy) is 1. The lowest BCUT2D eigenvalue weighted by molar-refractivity contribution is 0.0108. The van der Waals surface area contributed by atoms with Gasteiger partial charge in [-0.2, -0.15) is 0 Å². The van der Waals surface area contributed by atoms with Gasteiger partial charge in [0.1, 0.15) is 5.60 Å². The summed E-state index contributed by atoms with van der Waals surface area (Å²) in [6.07, 6.45) is 4.85. The van der Waals surface area contributed by atoms with E-state index < -0.39 is 5.60 Å². The van der Waals surface area contributed by atoms with Gasteiger partial charge in [0, 0.05) is 31.7 Å². The van der Waals surface area contributed by atoms with Crippen molar-refractivity contribution in [3.8, 4) is 0 Å². The minimum atomic E-state index is -0.444. The molecule has 1 amide bonds. The van der Waals surface area contributed by atoms with Crippen LogP contribution in [0.15, 0.2) is 11.6 Å². The van der Waals surface area contributed by atoms with E-state index >= 15 is 0 Å². The van der Waals surface area contributed by atoms with Crippen LogP contribution in [0.4, 0.5) is 9.93 Å². The van der Waals surface area contributed by atoms with Gasteiger partial charge in [0.15, 0.2) is 5.13 Å². The predicted molar refractivity (Wildman–Crippen MR) is 86.0 cm³/mol. The summed E-state index contributed by atoms with van der Waals surface area (Å²) in [5.41, 5.74) is -0.444. The van der Waals surface area contributed by atoms with Crippen LogP contribution in [0.2, 0.25) is 0 Å². The van der Waals surface area contributed by atoms with Crippen LogP contribution in [0.25, 0.3) is 0 Å². The summed E-state index contributed by atoms with van der Waals surface area (Å²) < 4.78 is 5.54. The standard InChI is InChI=1S/C15H25N3O2S/c1-15(2,3)20-14(19)18-9-6-5-7-12(18)11-17(4)13-16-8-10-21-13/h8,10,12H,5-7,9,11H2,1-4H3/t12-/m0/s1. The van der Waals surface area contributed by atoms with Crippen LogP contribution < -0.4 is 4.90 Å². The highest BCUT2D eigenvalue weighted by molar-refractivity contribution is 7.13. The van der Waals surface area contributed by atoms with Crippen molar-refractivity contribution in [1.82, 2.24) is 9.88 Å². The number of carbonyl (C=O) groups excluding carboxylic acids is 1. The topological polar surface area (TPSA) is 45.7 Å². The molecule has 2 heterocycles. The van der Waals surface area contributed by atoms with Crippen LogP contribution in [-0.2, 0) is 4.74 Å². The summed E-state index contributed by atoms with van der Waals surface area (Å²) in [7, 11) is 2.03. The van der Waals surface area contributed by atoms with Crippen molar-refractivity contribution in [2.45, 2.75) is 51.7 Å². The summed E-state index contributed by atoms with van der Waals surface area (Å²) in [5.74, 6) is 0. The number of likely N-dealkylation sites (N-methyl/N-ethyl adjacent to an activating group) is 1. The maximum Gasteiger partial charge on any atom is 0.410 e. The molecule has 1 aliphatic rings. The fourth-order valence-corrected chi connectivity index (χ4v) is 3.17. The summed E-state index contributed by atoms with van der Waals surface area (Å²) in [5, 5.41) is 2.96. The maximum atomic E-state index is 12.4. The van der Waals surface area contributed by atoms with Gasteiger partial charge in [-0.3, -0.25) is 0 Å². The lowest BCUT2D eigenvalue weighted by atomic mass is 10.0. The van der Waals surface area contributed by atoms with E-state index in [0.717, 1.165) is 37.5 Å². The van der Waals surface area contributed by atoms with E-state index in [0.29, 0.717) is 0 Å². The van der Waals surface area contributed by atoms with Gasteiger partial charge in [-0.1, -0.05) is 0 Å². The molecule has 1 aromatic rings. The smallest absolute Gasteiger partial charge is 0.410 e. The first-order valence-corrected chi connectivity index (χ1v) is 8.35. The van der Waals surface area contributed by atoms with Crippen LogP contribution in [0.3, 0.4) is 0 Å². The average Bonchev–Trinajstić information content (AvgIpc) is 2.91. The van der Waals surface area contributed by atoms with Crippen LogP contribution in [0, 0.1) is 0 Å². The molecule has 1 saturated heterocycles. The number of piperidine rings is 1. The van der Waals surface area contributed by atoms with Crippen molar-refractivity contribution >= 4 is 22.6 Å². The highest BCUT2D eigenvalue weighted by Gasteiger charge is 2.31. The number of amides is 1. The maximum absolute atomic E-state index is 12.4. The van der Waals surface area contributed by atoms with E-state index in [2.05, 4.69) is 9.88 Å². The summed E-state index contributed by atoms with van der Waals surface area (Å²) >= 11 is 1.62. The largest absolute Gasteiger partial charge is 0.444 e. The fraction of sp³-hybridized carbons (Fsp3) is 0.733. The molecule has 0 saturated carbocycles. The predicted octanol–water partition coefficient (Wildman–Crippen LogP) is 3.37. The zero-order valence-corrected chi connectivity index (χ0v) is 14.2. The van der Waals surface area contributed by atoms with E-state index in [-0.39, 0.29) is 12.1 Å². The quantitative estimate of drug-likeness (QED) is 0.858. The number of thiazole rings is 1. The molecule has 0 spiro atoms. The van der Waals surface area contributed by atoms with Gasteiger partial charge in [0.05, 0.1) is 6.04 Å². The van der Waals surface area contributed by atoms with Crippen molar-refractivity contribution in [3.05, 3.63) is 11.6 Å². The Hall–Kier alpha value is -1.30. The molecule has 1 fully saturated rings. The van der Waals surface area contributed by atoms with Crippen molar-refractivity contribution in [1.29, 1.82) is 0 Å². The van der Waals surface area contributed by atoms with Crippen molar-refractivity contribution in [2.24, 2.45) is 0 Å². The molecule has 1 aliphatic heterocycles. The average molecular weight is 311 g/mol. The van der Waals surface area contributed by atoms with Gasteiger partial charge in [-0.15, -0.1) is 11.3 Å². The summed E-state index contributed by atoms with van der Waals surface area (Å²) in [4.78, 5) is 20.7. The first-order chi connectivity index (χ1) is 9.87. The number of hydrogen-bond donors (Lipinski definition) is 0. The molecule has 0 bridgehead atoms. The Labute approximate surface area is 130 Å². The number of hydrogen-bond acceptors (Lipinski definition) is 5. The second-order valence-corrected chi connectivity index (χ2v) is 7.39. The normalized spacial score (nSPS) is 19.4. The van der Waals surface area contributed by atoms with Gasteiger partial charge in [-0.25, -0.2) is 9.78 Å². The van der Waals surface area contributed by atoms with Crippen LogP contribution >= 0.6 is 11.3 Å². The molecule has 0 N–H and O–H groups in total. The second kappa shape index (κ2) is 6.64. The van der Waals surface area contributed by atoms with Gasteiger partial charge in [0.25, 0.3) is 0 Å². The Kier molecular flexibility index (Phi) is 5.08. The van der Waals surface area contributed by atoms with Crippen LogP contribution in [0.5, 0.6) is 0 Å². The second-order valence-electron chi connectivity index (χ2n) is 6.52. The Bertz CT molecular complexity index is 456. The van der Waals surface area contributed by atoms with Gasteiger partial charge in [0.2, 0.25) is 0 Å². The molecule has 5 nitrogen and oxygen atoms in total. The highest BCUT2D eigenvalue weighted by atomic mass is 32.1. The third kappa shape index (κ3) is 4.59. The minimum absolute atomic E-state index is 0.195. The van der Waals surface area contributed by atoms with Crippen LogP contribution in [0.1, 0.15) is 40.0 Å². The van der Waals surface area contributed by atoms with E-state index in [1.54, 1.807) is 11.3 Å². The Morgan fingerprint density at radius 3 is 2.90 bits per heavy atom. The first-order valence-electron chi connectivity index (χ1n) is 7.47. The number of nitrogens with zero attached hydrogens (tertiary/aromatic N) is 3. The van der Waals surface area contributed by atoms with Crippen LogP contribution in [-0.4, -0.2) is 47.8 Å². The highest BCUT2D eigenvalue weighted by Crippen LogP contribution is 2.23. The zero-order valence-electron chi connectivity index (χ0n) is 13.3. The zero-order chi connectivity index (χ0) is 15.5. The van der Waals surface area contributed by atoms with E-state index in [1.165, 1.54) is 0 Å². The Balaban J connectivity index is 2.00. The summed E-state index contributed by atoms with van der Waals surface area (Å²) in [6, 6.07) is 0.197. The van der Waals surface area contributed by atoms with E-state index in [1.807, 2.05) is 44.3 Å². The molecule has 1 aromatic heterocycles. The molecule has 118 valence electrons. The number of carbonyl (C=O) groups is 1. The van der Waals surface area contributed by atoms with E-state index in [9.17, 15) is 4.79 Å². The molecular weight excluding hydrogens is 286 g/mol. The third-order valence-electron chi connectivity index (χ3n) is 3.49. The van der Waals surface area contributed by atoms with Crippen molar-refractivity contribution < 1.29 is 9.53 Å². The van der Waals surface area contributed by atoms with Gasteiger partial charge < -0.3 is 14.5 Å². The molecule has 0 aliphatic carbocycles. The van der Waals surface area contributed by atoms with Gasteiger partial charge in [-0.05, 0) is 40.0 Å². The first kappa shape index (κ1) is 16.1. The monoisotopic (exact) mass is 311 g/mol. The van der Waals surface area contributed by atoms with Gasteiger partial charge >= 0.3 is 6.09 Å². The molecule has 0 unspecified atom stereocenters. The number of likely N-dealkylation sites (tertiary alicyclic amines) is 1. The lowest BCUT2D eigenvalue weighted by Crippen LogP contribution is -2.50. The number of rotatable bonds is 3. The minimum Gasteiger partial charge on any atom is -0.444 e. The number of aromatic nitrogens is 1. The Morgan fingerprint density at radius 1 is 1.52 bits per heavy atom. The summed E-state index contributed by atoms with van der Waals surface area (Å²) in [6.45, 7) is 7.31. The van der Waals surface area contributed by atoms with Crippen molar-refractivity contribution in [3.63, 3.8) is 0 Å². The molecule has 0 radical (unpaired) electrons.